The van der Waals surface area contributed by atoms with Gasteiger partial charge in [-0.2, -0.15) is 5.11 Å². The third-order valence-electron chi connectivity index (χ3n) is 2.92. The van der Waals surface area contributed by atoms with Crippen LogP contribution < -0.4 is 0 Å². The van der Waals surface area contributed by atoms with Gasteiger partial charge >= 0.3 is 5.97 Å². The second kappa shape index (κ2) is 4.66. The number of azo groups is 1. The van der Waals surface area contributed by atoms with Crippen LogP contribution in [0.3, 0.4) is 0 Å². The van der Waals surface area contributed by atoms with Crippen LogP contribution in [-0.2, 0) is 4.74 Å². The summed E-state index contributed by atoms with van der Waals surface area (Å²) in [4.78, 5) is 22.0. The Kier molecular flexibility index (Phi) is 3.29. The molecule has 1 aliphatic heterocycles. The van der Waals surface area contributed by atoms with Gasteiger partial charge in [0, 0.05) is 18.6 Å². The lowest BCUT2D eigenvalue weighted by atomic mass is 9.97. The maximum Gasteiger partial charge on any atom is 0.340 e. The van der Waals surface area contributed by atoms with Gasteiger partial charge in [-0.25, -0.2) is 4.79 Å². The van der Waals surface area contributed by atoms with Gasteiger partial charge in [0.15, 0.2) is 0 Å². The Morgan fingerprint density at radius 2 is 1.85 bits per heavy atom. The van der Waals surface area contributed by atoms with Gasteiger partial charge in [0.05, 0.1) is 16.0 Å². The number of nitrogens with zero attached hydrogens (tertiary/aromatic N) is 3. The quantitative estimate of drug-likeness (QED) is 0.482. The lowest BCUT2D eigenvalue weighted by molar-refractivity contribution is -0.384. The van der Waals surface area contributed by atoms with Crippen LogP contribution in [0.4, 0.5) is 5.69 Å². The van der Waals surface area contributed by atoms with E-state index < -0.39 is 16.6 Å². The highest BCUT2D eigenvalue weighted by molar-refractivity contribution is 5.89. The summed E-state index contributed by atoms with van der Waals surface area (Å²) in [5.74, 6) is -0.570. The molecule has 106 valence electrons. The smallest absolute Gasteiger partial charge is 0.340 e. The fourth-order valence-corrected chi connectivity index (χ4v) is 2.15. The van der Waals surface area contributed by atoms with Gasteiger partial charge in [-0.1, -0.05) is 0 Å². The predicted octanol–water partition coefficient (Wildman–Crippen LogP) is 3.10. The van der Waals surface area contributed by atoms with Gasteiger partial charge in [0.25, 0.3) is 5.69 Å². The highest BCUT2D eigenvalue weighted by Crippen LogP contribution is 2.35. The highest BCUT2D eigenvalue weighted by Gasteiger charge is 2.41. The van der Waals surface area contributed by atoms with Gasteiger partial charge in [0.2, 0.25) is 5.72 Å². The summed E-state index contributed by atoms with van der Waals surface area (Å²) >= 11 is 0. The van der Waals surface area contributed by atoms with E-state index in [4.69, 9.17) is 4.74 Å². The molecule has 0 aromatic heterocycles. The van der Waals surface area contributed by atoms with Crippen molar-refractivity contribution in [1.29, 1.82) is 0 Å². The van der Waals surface area contributed by atoms with Gasteiger partial charge in [-0.15, -0.1) is 5.11 Å². The zero-order valence-electron chi connectivity index (χ0n) is 11.5. The SMILES string of the molecule is CC1(C)CC(C)(OC(=O)c2ccc([N+](=O)[O-])cc2)N=N1. The number of nitro benzene ring substituents is 1. The fraction of sp³-hybridized carbons (Fsp3) is 0.462. The van der Waals surface area contributed by atoms with Crippen molar-refractivity contribution >= 4 is 11.7 Å². The Hall–Kier alpha value is -2.31. The molecule has 0 saturated carbocycles. The number of hydrogen-bond donors (Lipinski definition) is 0. The molecule has 0 N–H and O–H groups in total. The Morgan fingerprint density at radius 3 is 2.30 bits per heavy atom. The third-order valence-corrected chi connectivity index (χ3v) is 2.92. The molecular formula is C13H15N3O4. The van der Waals surface area contributed by atoms with Crippen LogP contribution >= 0.6 is 0 Å². The minimum atomic E-state index is -0.984. The summed E-state index contributed by atoms with van der Waals surface area (Å²) in [7, 11) is 0. The Bertz CT molecular complexity index is 580. The second-order valence-electron chi connectivity index (χ2n) is 5.56. The Morgan fingerprint density at radius 1 is 1.25 bits per heavy atom. The number of carbonyl (C=O) groups excluding carboxylic acids is 1. The van der Waals surface area contributed by atoms with Crippen molar-refractivity contribution in [3.05, 3.63) is 39.9 Å². The molecule has 1 aromatic carbocycles. The number of ether oxygens (including phenoxy) is 1. The van der Waals surface area contributed by atoms with E-state index in [2.05, 4.69) is 10.2 Å². The lowest BCUT2D eigenvalue weighted by Crippen LogP contribution is -2.31. The van der Waals surface area contributed by atoms with Gasteiger partial charge < -0.3 is 4.74 Å². The van der Waals surface area contributed by atoms with E-state index in [1.807, 2.05) is 13.8 Å². The van der Waals surface area contributed by atoms with Crippen molar-refractivity contribution in [2.45, 2.75) is 38.5 Å². The molecule has 0 bridgehead atoms. The predicted molar refractivity (Wildman–Crippen MR) is 70.5 cm³/mol. The molecule has 0 fully saturated rings. The maximum atomic E-state index is 12.0. The molecule has 7 nitrogen and oxygen atoms in total. The van der Waals surface area contributed by atoms with E-state index in [0.29, 0.717) is 6.42 Å². The molecule has 1 atom stereocenters. The average Bonchev–Trinajstić information content (AvgIpc) is 2.63. The number of hydrogen-bond acceptors (Lipinski definition) is 6. The topological polar surface area (TPSA) is 94.2 Å². The van der Waals surface area contributed by atoms with Crippen molar-refractivity contribution in [2.24, 2.45) is 10.2 Å². The zero-order valence-corrected chi connectivity index (χ0v) is 11.5. The number of rotatable bonds is 3. The number of nitro groups is 1. The first-order valence-corrected chi connectivity index (χ1v) is 6.13. The van der Waals surface area contributed by atoms with Crippen LogP contribution in [0.15, 0.2) is 34.5 Å². The maximum absolute atomic E-state index is 12.0. The van der Waals surface area contributed by atoms with Crippen molar-refractivity contribution in [3.63, 3.8) is 0 Å². The summed E-state index contributed by atoms with van der Waals surface area (Å²) < 4.78 is 5.35. The first-order valence-electron chi connectivity index (χ1n) is 6.13. The van der Waals surface area contributed by atoms with Gasteiger partial charge in [0.1, 0.15) is 0 Å². The number of carbonyl (C=O) groups is 1. The average molecular weight is 277 g/mol. The first-order chi connectivity index (χ1) is 9.21. The summed E-state index contributed by atoms with van der Waals surface area (Å²) in [5, 5.41) is 18.6. The molecule has 2 rings (SSSR count). The Labute approximate surface area is 115 Å². The minimum Gasteiger partial charge on any atom is -0.432 e. The number of benzene rings is 1. The van der Waals surface area contributed by atoms with E-state index in [1.165, 1.54) is 24.3 Å². The zero-order chi connectivity index (χ0) is 15.0. The summed E-state index contributed by atoms with van der Waals surface area (Å²) in [6.07, 6.45) is 0.499. The monoisotopic (exact) mass is 277 g/mol. The summed E-state index contributed by atoms with van der Waals surface area (Å²) in [6.45, 7) is 5.50. The van der Waals surface area contributed by atoms with Crippen LogP contribution in [0, 0.1) is 10.1 Å². The van der Waals surface area contributed by atoms with Crippen LogP contribution in [0.1, 0.15) is 37.6 Å². The molecule has 1 aliphatic rings. The van der Waals surface area contributed by atoms with Crippen LogP contribution in [0.25, 0.3) is 0 Å². The molecule has 0 aliphatic carbocycles. The van der Waals surface area contributed by atoms with E-state index in [9.17, 15) is 14.9 Å². The van der Waals surface area contributed by atoms with Crippen LogP contribution in [-0.4, -0.2) is 22.2 Å². The van der Waals surface area contributed by atoms with Gasteiger partial charge in [-0.05, 0) is 32.9 Å². The van der Waals surface area contributed by atoms with Crippen LogP contribution in [0.5, 0.6) is 0 Å². The molecule has 20 heavy (non-hydrogen) atoms. The molecule has 7 heteroatoms. The number of esters is 1. The Balaban J connectivity index is 2.09. The standard InChI is InChI=1S/C13H15N3O4/c1-12(2)8-13(3,15-14-12)20-11(17)9-4-6-10(7-5-9)16(18)19/h4-7H,8H2,1-3H3. The molecule has 0 radical (unpaired) electrons. The molecule has 0 amide bonds. The number of non-ortho nitro benzene ring substituents is 1. The normalized spacial score (nSPS) is 23.6. The fourth-order valence-electron chi connectivity index (χ4n) is 2.15. The molecule has 0 spiro atoms. The summed E-state index contributed by atoms with van der Waals surface area (Å²) in [6, 6.07) is 5.25. The third kappa shape index (κ3) is 2.98. The lowest BCUT2D eigenvalue weighted by Gasteiger charge is -2.22. The van der Waals surface area contributed by atoms with Crippen molar-refractivity contribution in [1.82, 2.24) is 0 Å². The van der Waals surface area contributed by atoms with E-state index in [-0.39, 0.29) is 16.8 Å². The molecular weight excluding hydrogens is 262 g/mol. The van der Waals surface area contributed by atoms with E-state index in [0.717, 1.165) is 0 Å². The molecule has 0 saturated heterocycles. The highest BCUT2D eigenvalue weighted by atomic mass is 16.6. The molecule has 1 unspecified atom stereocenters. The van der Waals surface area contributed by atoms with Crippen LogP contribution in [0.2, 0.25) is 0 Å². The van der Waals surface area contributed by atoms with Gasteiger partial charge in [-0.3, -0.25) is 10.1 Å². The van der Waals surface area contributed by atoms with E-state index >= 15 is 0 Å². The molecule has 1 aromatic rings. The van der Waals surface area contributed by atoms with Crippen molar-refractivity contribution in [2.75, 3.05) is 0 Å². The minimum absolute atomic E-state index is 0.0746. The first kappa shape index (κ1) is 14.1. The van der Waals surface area contributed by atoms with Crippen molar-refractivity contribution < 1.29 is 14.5 Å². The van der Waals surface area contributed by atoms with E-state index in [1.54, 1.807) is 6.92 Å². The van der Waals surface area contributed by atoms with Crippen molar-refractivity contribution in [3.8, 4) is 0 Å². The molecule has 1 heterocycles. The largest absolute Gasteiger partial charge is 0.432 e. The summed E-state index contributed by atoms with van der Waals surface area (Å²) in [5.41, 5.74) is -1.17. The second-order valence-corrected chi connectivity index (χ2v) is 5.56.